The van der Waals surface area contributed by atoms with Gasteiger partial charge in [0.15, 0.2) is 6.61 Å². The van der Waals surface area contributed by atoms with Crippen molar-refractivity contribution in [2.24, 2.45) is 17.8 Å². The minimum Gasteiger partial charge on any atom is -0.458 e. The Bertz CT molecular complexity index is 1510. The number of ether oxygens (including phenoxy) is 2. The van der Waals surface area contributed by atoms with Crippen LogP contribution in [0.3, 0.4) is 0 Å². The first-order valence-electron chi connectivity index (χ1n) is 16.9. The first-order valence-corrected chi connectivity index (χ1v) is 16.9. The topological polar surface area (TPSA) is 114 Å². The smallest absolute Gasteiger partial charge is 0.344 e. The maximum absolute atomic E-state index is 13.7. The molecule has 1 N–H and O–H groups in total. The largest absolute Gasteiger partial charge is 0.458 e. The molecule has 2 saturated heterocycles. The number of amides is 2. The number of aryl methyl sites for hydroxylation is 2. The number of likely N-dealkylation sites (tertiary alicyclic amines) is 2. The Balaban J connectivity index is 0.987. The van der Waals surface area contributed by atoms with E-state index in [1.54, 1.807) is 13.8 Å². The number of nitrogens with one attached hydrogen (secondary N) is 1. The molecule has 3 atom stereocenters. The van der Waals surface area contributed by atoms with E-state index in [1.165, 1.54) is 0 Å². The molecular weight excluding hydrogens is 594 g/mol. The summed E-state index contributed by atoms with van der Waals surface area (Å²) in [5.74, 6) is 0.579. The van der Waals surface area contributed by atoms with Crippen LogP contribution in [-0.4, -0.2) is 76.9 Å². The third-order valence-electron chi connectivity index (χ3n) is 9.85. The number of hydrogen-bond donors (Lipinski definition) is 1. The predicted molar refractivity (Wildman–Crippen MR) is 176 cm³/mol. The molecule has 2 unspecified atom stereocenters. The van der Waals surface area contributed by atoms with Gasteiger partial charge < -0.3 is 24.6 Å². The highest BCUT2D eigenvalue weighted by Gasteiger charge is 2.42. The van der Waals surface area contributed by atoms with Crippen molar-refractivity contribution in [2.75, 3.05) is 39.3 Å². The Labute approximate surface area is 276 Å². The van der Waals surface area contributed by atoms with Crippen LogP contribution in [0.2, 0.25) is 0 Å². The van der Waals surface area contributed by atoms with E-state index in [2.05, 4.69) is 32.3 Å². The van der Waals surface area contributed by atoms with Crippen molar-refractivity contribution in [1.29, 1.82) is 0 Å². The summed E-state index contributed by atoms with van der Waals surface area (Å²) in [5.41, 5.74) is 3.59. The van der Waals surface area contributed by atoms with E-state index >= 15 is 0 Å². The minimum atomic E-state index is -0.519. The van der Waals surface area contributed by atoms with Gasteiger partial charge in [-0.25, -0.2) is 4.79 Å². The number of nitrogens with zero attached hydrogens (tertiary/aromatic N) is 4. The van der Waals surface area contributed by atoms with E-state index in [4.69, 9.17) is 9.47 Å². The Morgan fingerprint density at radius 2 is 1.49 bits per heavy atom. The summed E-state index contributed by atoms with van der Waals surface area (Å²) in [4.78, 5) is 52.0. The molecule has 1 saturated carbocycles. The highest BCUT2D eigenvalue weighted by molar-refractivity contribution is 5.96. The highest BCUT2D eigenvalue weighted by Crippen LogP contribution is 2.33. The summed E-state index contributed by atoms with van der Waals surface area (Å²) in [6, 6.07) is 19.8. The number of aromatic nitrogens is 2. The van der Waals surface area contributed by atoms with Crippen molar-refractivity contribution in [3.63, 3.8) is 0 Å². The van der Waals surface area contributed by atoms with Crippen LogP contribution in [0.5, 0.6) is 6.01 Å². The molecule has 3 fully saturated rings. The van der Waals surface area contributed by atoms with Gasteiger partial charge in [0, 0.05) is 38.6 Å². The quantitative estimate of drug-likeness (QED) is 0.285. The van der Waals surface area contributed by atoms with E-state index in [1.807, 2.05) is 53.4 Å². The van der Waals surface area contributed by atoms with Gasteiger partial charge in [-0.3, -0.25) is 9.59 Å². The molecule has 1 aliphatic carbocycles. The molecular formula is C37H45N5O5. The summed E-state index contributed by atoms with van der Waals surface area (Å²) >= 11 is 0. The van der Waals surface area contributed by atoms with E-state index in [-0.39, 0.29) is 43.0 Å². The molecule has 10 heteroatoms. The van der Waals surface area contributed by atoms with Crippen molar-refractivity contribution >= 4 is 17.8 Å². The summed E-state index contributed by atoms with van der Waals surface area (Å²) in [5, 5.41) is 3.37. The molecule has 2 aliphatic heterocycles. The van der Waals surface area contributed by atoms with E-state index in [0.717, 1.165) is 62.9 Å². The number of benzene rings is 2. The average Bonchev–Trinajstić information content (AvgIpc) is 3.83. The summed E-state index contributed by atoms with van der Waals surface area (Å²) in [7, 11) is 0. The van der Waals surface area contributed by atoms with Crippen molar-refractivity contribution < 1.29 is 23.9 Å². The lowest BCUT2D eigenvalue weighted by atomic mass is 10.0. The summed E-state index contributed by atoms with van der Waals surface area (Å²) in [6.07, 6.45) is 5.13. The molecule has 1 aromatic heterocycles. The van der Waals surface area contributed by atoms with Gasteiger partial charge in [0.2, 0.25) is 5.91 Å². The predicted octanol–water partition coefficient (Wildman–Crippen LogP) is 4.66. The van der Waals surface area contributed by atoms with Gasteiger partial charge in [0.25, 0.3) is 5.91 Å². The Kier molecular flexibility index (Phi) is 10.5. The molecule has 0 spiro atoms. The molecule has 10 nitrogen and oxygen atoms in total. The fourth-order valence-electron chi connectivity index (χ4n) is 7.36. The van der Waals surface area contributed by atoms with Crippen LogP contribution in [0.4, 0.5) is 0 Å². The SMILES string of the molecule is Cc1nc(OCC(=O)OCc2ccccc2)nc(C)c1C(=O)N1CC2CN(CC[C@H](NC(=O)C3CCCC3)c3ccccc3)CC2C1. The fourth-order valence-corrected chi connectivity index (χ4v) is 7.36. The Morgan fingerprint density at radius 1 is 0.872 bits per heavy atom. The van der Waals surface area contributed by atoms with Gasteiger partial charge in [-0.05, 0) is 56.1 Å². The molecule has 248 valence electrons. The summed E-state index contributed by atoms with van der Waals surface area (Å²) in [6.45, 7) is 7.57. The molecule has 0 radical (unpaired) electrons. The maximum Gasteiger partial charge on any atom is 0.344 e. The van der Waals surface area contributed by atoms with Crippen LogP contribution in [0.15, 0.2) is 60.7 Å². The Hall–Kier alpha value is -4.31. The normalized spacial score (nSPS) is 20.2. The van der Waals surface area contributed by atoms with Crippen LogP contribution >= 0.6 is 0 Å². The average molecular weight is 640 g/mol. The molecule has 3 heterocycles. The van der Waals surface area contributed by atoms with E-state index in [0.29, 0.717) is 41.9 Å². The van der Waals surface area contributed by atoms with E-state index < -0.39 is 5.97 Å². The van der Waals surface area contributed by atoms with Crippen LogP contribution < -0.4 is 10.1 Å². The molecule has 2 aromatic carbocycles. The third kappa shape index (κ3) is 8.16. The van der Waals surface area contributed by atoms with Crippen molar-refractivity contribution in [2.45, 2.75) is 58.6 Å². The number of hydrogen-bond acceptors (Lipinski definition) is 8. The van der Waals surface area contributed by atoms with Gasteiger partial charge in [-0.1, -0.05) is 73.5 Å². The second-order valence-corrected chi connectivity index (χ2v) is 13.2. The zero-order chi connectivity index (χ0) is 32.8. The lowest BCUT2D eigenvalue weighted by Crippen LogP contribution is -2.37. The standard InChI is InChI=1S/C37H45N5O5/c1-25-34(26(2)39-37(38-25)47-24-33(43)46-23-27-11-5-3-6-12-27)36(45)42-21-30-19-41(20-31(30)22-42)18-17-32(28-13-7-4-8-14-28)40-35(44)29-15-9-10-16-29/h3-8,11-14,29-32H,9-10,15-24H2,1-2H3,(H,40,44)/t30?,31?,32-/m0/s1. The number of fused-ring (bicyclic) bond motifs is 1. The van der Waals surface area contributed by atoms with Gasteiger partial charge >= 0.3 is 12.0 Å². The molecule has 2 amide bonds. The monoisotopic (exact) mass is 639 g/mol. The molecule has 3 aromatic rings. The number of rotatable bonds is 12. The summed E-state index contributed by atoms with van der Waals surface area (Å²) < 4.78 is 10.8. The number of carbonyl (C=O) groups excluding carboxylic acids is 3. The van der Waals surface area contributed by atoms with Gasteiger partial charge in [0.05, 0.1) is 23.0 Å². The zero-order valence-electron chi connectivity index (χ0n) is 27.4. The lowest BCUT2D eigenvalue weighted by molar-refractivity contribution is -0.147. The van der Waals surface area contributed by atoms with Crippen molar-refractivity contribution in [3.8, 4) is 6.01 Å². The second-order valence-electron chi connectivity index (χ2n) is 13.2. The van der Waals surface area contributed by atoms with Crippen LogP contribution in [0.25, 0.3) is 0 Å². The highest BCUT2D eigenvalue weighted by atomic mass is 16.6. The van der Waals surface area contributed by atoms with Gasteiger partial charge in [-0.2, -0.15) is 9.97 Å². The van der Waals surface area contributed by atoms with Gasteiger partial charge in [0.1, 0.15) is 6.61 Å². The van der Waals surface area contributed by atoms with Crippen molar-refractivity contribution in [1.82, 2.24) is 25.1 Å². The van der Waals surface area contributed by atoms with Crippen LogP contribution in [0.1, 0.15) is 71.0 Å². The molecule has 47 heavy (non-hydrogen) atoms. The van der Waals surface area contributed by atoms with E-state index in [9.17, 15) is 14.4 Å². The zero-order valence-corrected chi connectivity index (χ0v) is 27.4. The number of carbonyl (C=O) groups is 3. The first-order chi connectivity index (χ1) is 22.8. The van der Waals surface area contributed by atoms with Crippen molar-refractivity contribution in [3.05, 3.63) is 88.7 Å². The molecule has 3 aliphatic rings. The lowest BCUT2D eigenvalue weighted by Gasteiger charge is -2.26. The van der Waals surface area contributed by atoms with Crippen LogP contribution in [-0.2, 0) is 20.9 Å². The molecule has 0 bridgehead atoms. The van der Waals surface area contributed by atoms with Gasteiger partial charge in [-0.15, -0.1) is 0 Å². The third-order valence-corrected chi connectivity index (χ3v) is 9.85. The molecule has 6 rings (SSSR count). The Morgan fingerprint density at radius 3 is 2.13 bits per heavy atom. The van der Waals surface area contributed by atoms with Crippen LogP contribution in [0, 0.1) is 31.6 Å². The second kappa shape index (κ2) is 15.1. The minimum absolute atomic E-state index is 0.000606. The number of esters is 1. The first kappa shape index (κ1) is 32.6. The fraction of sp³-hybridized carbons (Fsp3) is 0.486. The maximum atomic E-state index is 13.7.